The number of nitrogens with zero attached hydrogens (tertiary/aromatic N) is 1. The Morgan fingerprint density at radius 1 is 1.62 bits per heavy atom. The topological polar surface area (TPSA) is 29.5 Å². The number of hydrogen-bond donors (Lipinski definition) is 0. The molecule has 0 aromatic rings. The quantitative estimate of drug-likeness (QED) is 0.610. The van der Waals surface area contributed by atoms with Crippen molar-refractivity contribution in [3.8, 4) is 0 Å². The average Bonchev–Trinajstić information content (AvgIpc) is 2.13. The Kier molecular flexibility index (Phi) is 7.09. The first kappa shape index (κ1) is 12.8. The average molecular weight is 205 g/mol. The first-order chi connectivity index (χ1) is 6.11. The zero-order valence-electron chi connectivity index (χ0n) is 8.87. The van der Waals surface area contributed by atoms with Crippen molar-refractivity contribution in [3.63, 3.8) is 0 Å². The Hall–Kier alpha value is -0.220. The van der Waals surface area contributed by atoms with Crippen LogP contribution in [-0.2, 0) is 9.53 Å². The minimum Gasteiger partial charge on any atom is -0.469 e. The molecule has 4 heteroatoms. The van der Waals surface area contributed by atoms with Gasteiger partial charge in [-0.2, -0.15) is 11.8 Å². The van der Waals surface area contributed by atoms with E-state index in [0.717, 1.165) is 12.3 Å². The fraction of sp³-hybridized carbons (Fsp3) is 0.889. The Balaban J connectivity index is 3.68. The maximum absolute atomic E-state index is 10.9. The zero-order valence-corrected chi connectivity index (χ0v) is 9.69. The second kappa shape index (κ2) is 7.21. The van der Waals surface area contributed by atoms with Gasteiger partial charge in [-0.25, -0.2) is 0 Å². The van der Waals surface area contributed by atoms with Crippen LogP contribution in [0.5, 0.6) is 0 Å². The molecule has 0 rings (SSSR count). The summed E-state index contributed by atoms with van der Waals surface area (Å²) in [7, 11) is 3.46. The molecule has 1 atom stereocenters. The number of ether oxygens (including phenoxy) is 1. The molecule has 0 amide bonds. The van der Waals surface area contributed by atoms with Gasteiger partial charge in [0.1, 0.15) is 0 Å². The first-order valence-electron chi connectivity index (χ1n) is 4.37. The lowest BCUT2D eigenvalue weighted by Gasteiger charge is -2.23. The number of thioether (sulfide) groups is 1. The molecular formula is C9H19NO2S. The molecular weight excluding hydrogens is 186 g/mol. The van der Waals surface area contributed by atoms with Crippen molar-refractivity contribution in [2.75, 3.05) is 32.7 Å². The maximum atomic E-state index is 10.9. The molecule has 0 spiro atoms. The molecule has 78 valence electrons. The van der Waals surface area contributed by atoms with E-state index in [0.29, 0.717) is 6.42 Å². The van der Waals surface area contributed by atoms with Gasteiger partial charge in [0.05, 0.1) is 13.5 Å². The van der Waals surface area contributed by atoms with E-state index in [9.17, 15) is 4.79 Å². The summed E-state index contributed by atoms with van der Waals surface area (Å²) < 4.78 is 4.60. The SMILES string of the molecule is COC(=O)CC(C)N(C)CCSC. The van der Waals surface area contributed by atoms with Gasteiger partial charge >= 0.3 is 5.97 Å². The molecule has 0 N–H and O–H groups in total. The number of hydrogen-bond acceptors (Lipinski definition) is 4. The van der Waals surface area contributed by atoms with Crippen LogP contribution in [0.15, 0.2) is 0 Å². The molecule has 0 aromatic heterocycles. The van der Waals surface area contributed by atoms with Crippen molar-refractivity contribution in [2.45, 2.75) is 19.4 Å². The van der Waals surface area contributed by atoms with Crippen LogP contribution in [0, 0.1) is 0 Å². The molecule has 0 saturated heterocycles. The highest BCUT2D eigenvalue weighted by atomic mass is 32.2. The summed E-state index contributed by atoms with van der Waals surface area (Å²) in [5.41, 5.74) is 0. The standard InChI is InChI=1S/C9H19NO2S/c1-8(7-9(11)12-3)10(2)5-6-13-4/h8H,5-7H2,1-4H3. The highest BCUT2D eigenvalue weighted by molar-refractivity contribution is 7.98. The third kappa shape index (κ3) is 5.93. The third-order valence-electron chi connectivity index (χ3n) is 2.09. The van der Waals surface area contributed by atoms with Crippen LogP contribution in [0.3, 0.4) is 0 Å². The van der Waals surface area contributed by atoms with Crippen LogP contribution in [0.2, 0.25) is 0 Å². The van der Waals surface area contributed by atoms with Gasteiger partial charge in [-0.3, -0.25) is 4.79 Å². The van der Waals surface area contributed by atoms with Crippen molar-refractivity contribution in [1.82, 2.24) is 4.90 Å². The predicted octanol–water partition coefficient (Wildman–Crippen LogP) is 1.23. The van der Waals surface area contributed by atoms with Crippen molar-refractivity contribution in [1.29, 1.82) is 0 Å². The van der Waals surface area contributed by atoms with Crippen molar-refractivity contribution < 1.29 is 9.53 Å². The molecule has 0 heterocycles. The van der Waals surface area contributed by atoms with Gasteiger partial charge in [0.2, 0.25) is 0 Å². The number of carbonyl (C=O) groups excluding carboxylic acids is 1. The largest absolute Gasteiger partial charge is 0.469 e. The first-order valence-corrected chi connectivity index (χ1v) is 5.77. The van der Waals surface area contributed by atoms with Crippen LogP contribution < -0.4 is 0 Å². The lowest BCUT2D eigenvalue weighted by atomic mass is 10.2. The fourth-order valence-corrected chi connectivity index (χ4v) is 1.41. The minimum atomic E-state index is -0.136. The lowest BCUT2D eigenvalue weighted by molar-refractivity contribution is -0.141. The minimum absolute atomic E-state index is 0.136. The Labute approximate surface area is 84.8 Å². The summed E-state index contributed by atoms with van der Waals surface area (Å²) in [6.45, 7) is 3.05. The van der Waals surface area contributed by atoms with Gasteiger partial charge in [0.15, 0.2) is 0 Å². The van der Waals surface area contributed by atoms with E-state index in [1.165, 1.54) is 7.11 Å². The maximum Gasteiger partial charge on any atom is 0.307 e. The van der Waals surface area contributed by atoms with E-state index in [2.05, 4.69) is 15.9 Å². The zero-order chi connectivity index (χ0) is 10.3. The molecule has 0 bridgehead atoms. The van der Waals surface area contributed by atoms with E-state index in [1.807, 2.05) is 25.7 Å². The van der Waals surface area contributed by atoms with Crippen LogP contribution in [0.25, 0.3) is 0 Å². The summed E-state index contributed by atoms with van der Waals surface area (Å²) in [5.74, 6) is 0.964. The molecule has 0 aromatic carbocycles. The molecule has 0 saturated carbocycles. The van der Waals surface area contributed by atoms with Gasteiger partial charge in [-0.05, 0) is 20.2 Å². The lowest BCUT2D eigenvalue weighted by Crippen LogP contribution is -2.33. The van der Waals surface area contributed by atoms with Crippen LogP contribution in [0.4, 0.5) is 0 Å². The Morgan fingerprint density at radius 2 is 2.23 bits per heavy atom. The molecule has 0 aliphatic rings. The van der Waals surface area contributed by atoms with Crippen molar-refractivity contribution >= 4 is 17.7 Å². The second-order valence-electron chi connectivity index (χ2n) is 3.10. The molecule has 0 fully saturated rings. The van der Waals surface area contributed by atoms with E-state index in [1.54, 1.807) is 0 Å². The number of rotatable bonds is 6. The normalized spacial score (nSPS) is 13.0. The van der Waals surface area contributed by atoms with E-state index >= 15 is 0 Å². The summed E-state index contributed by atoms with van der Waals surface area (Å²) in [5, 5.41) is 0. The second-order valence-corrected chi connectivity index (χ2v) is 4.09. The summed E-state index contributed by atoms with van der Waals surface area (Å²) in [6, 6.07) is 0.264. The Bertz CT molecular complexity index is 153. The van der Waals surface area contributed by atoms with E-state index in [-0.39, 0.29) is 12.0 Å². The summed E-state index contributed by atoms with van der Waals surface area (Å²) >= 11 is 1.81. The van der Waals surface area contributed by atoms with Crippen LogP contribution in [-0.4, -0.2) is 49.6 Å². The van der Waals surface area contributed by atoms with E-state index in [4.69, 9.17) is 0 Å². The highest BCUT2D eigenvalue weighted by Crippen LogP contribution is 2.03. The monoisotopic (exact) mass is 205 g/mol. The van der Waals surface area contributed by atoms with E-state index < -0.39 is 0 Å². The predicted molar refractivity (Wildman–Crippen MR) is 57.1 cm³/mol. The molecule has 3 nitrogen and oxygen atoms in total. The van der Waals surface area contributed by atoms with Gasteiger partial charge in [-0.15, -0.1) is 0 Å². The molecule has 0 aliphatic heterocycles. The number of esters is 1. The van der Waals surface area contributed by atoms with Gasteiger partial charge in [0, 0.05) is 18.3 Å². The molecule has 0 aliphatic carbocycles. The molecule has 1 unspecified atom stereocenters. The van der Waals surface area contributed by atoms with Crippen molar-refractivity contribution in [2.24, 2.45) is 0 Å². The van der Waals surface area contributed by atoms with Gasteiger partial charge < -0.3 is 9.64 Å². The van der Waals surface area contributed by atoms with Gasteiger partial charge in [-0.1, -0.05) is 0 Å². The Morgan fingerprint density at radius 3 is 2.69 bits per heavy atom. The van der Waals surface area contributed by atoms with Crippen LogP contribution >= 0.6 is 11.8 Å². The molecule has 0 radical (unpaired) electrons. The summed E-state index contributed by atoms with van der Waals surface area (Å²) in [6.07, 6.45) is 2.56. The van der Waals surface area contributed by atoms with Crippen molar-refractivity contribution in [3.05, 3.63) is 0 Å². The third-order valence-corrected chi connectivity index (χ3v) is 2.68. The van der Waals surface area contributed by atoms with Crippen LogP contribution in [0.1, 0.15) is 13.3 Å². The molecule has 13 heavy (non-hydrogen) atoms. The fourth-order valence-electron chi connectivity index (χ4n) is 0.936. The number of carbonyl (C=O) groups is 1. The smallest absolute Gasteiger partial charge is 0.307 e. The summed E-state index contributed by atoms with van der Waals surface area (Å²) in [4.78, 5) is 13.1. The number of methoxy groups -OCH3 is 1. The van der Waals surface area contributed by atoms with Gasteiger partial charge in [0.25, 0.3) is 0 Å². The highest BCUT2D eigenvalue weighted by Gasteiger charge is 2.13.